The molecule has 0 radical (unpaired) electrons. The molecule has 1 N–H and O–H groups in total. The maximum atomic E-state index is 12.2. The third-order valence-electron chi connectivity index (χ3n) is 4.11. The van der Waals surface area contributed by atoms with E-state index in [0.717, 1.165) is 5.56 Å². The number of rotatable bonds is 10. The molecular formula is C21H25NO7. The van der Waals surface area contributed by atoms with Gasteiger partial charge in [0.05, 0.1) is 34.0 Å². The molecule has 0 aliphatic rings. The number of carbonyl (C=O) groups is 2. The van der Waals surface area contributed by atoms with Crippen LogP contribution in [-0.2, 0) is 16.0 Å². The molecule has 2 aromatic carbocycles. The van der Waals surface area contributed by atoms with Crippen molar-refractivity contribution in [3.8, 4) is 23.0 Å². The van der Waals surface area contributed by atoms with Gasteiger partial charge in [0, 0.05) is 12.6 Å². The molecule has 2 rings (SSSR count). The molecule has 0 aliphatic carbocycles. The fourth-order valence-corrected chi connectivity index (χ4v) is 2.57. The Hall–Kier alpha value is -3.42. The van der Waals surface area contributed by atoms with Crippen molar-refractivity contribution in [2.45, 2.75) is 6.42 Å². The molecule has 29 heavy (non-hydrogen) atoms. The Balaban J connectivity index is 1.82. The van der Waals surface area contributed by atoms with Crippen LogP contribution in [-0.4, -0.2) is 53.5 Å². The van der Waals surface area contributed by atoms with Crippen LogP contribution in [0.1, 0.15) is 15.9 Å². The summed E-state index contributed by atoms with van der Waals surface area (Å²) in [5, 5.41) is 2.71. The zero-order valence-corrected chi connectivity index (χ0v) is 16.9. The molecule has 0 saturated heterocycles. The first kappa shape index (κ1) is 21.9. The van der Waals surface area contributed by atoms with Gasteiger partial charge >= 0.3 is 5.97 Å². The lowest BCUT2D eigenvalue weighted by molar-refractivity contribution is -0.124. The Morgan fingerprint density at radius 1 is 0.828 bits per heavy atom. The summed E-state index contributed by atoms with van der Waals surface area (Å²) < 4.78 is 25.7. The molecular weight excluding hydrogens is 378 g/mol. The lowest BCUT2D eigenvalue weighted by Gasteiger charge is -2.11. The quantitative estimate of drug-likeness (QED) is 0.608. The van der Waals surface area contributed by atoms with Crippen LogP contribution in [0.4, 0.5) is 0 Å². The van der Waals surface area contributed by atoms with Gasteiger partial charge in [-0.2, -0.15) is 0 Å². The molecule has 0 aromatic heterocycles. The van der Waals surface area contributed by atoms with Crippen molar-refractivity contribution in [3.63, 3.8) is 0 Å². The highest BCUT2D eigenvalue weighted by atomic mass is 16.5. The van der Waals surface area contributed by atoms with Crippen LogP contribution in [0.5, 0.6) is 23.0 Å². The van der Waals surface area contributed by atoms with Crippen LogP contribution in [0.25, 0.3) is 0 Å². The number of hydrogen-bond acceptors (Lipinski definition) is 7. The molecule has 8 nitrogen and oxygen atoms in total. The number of benzene rings is 2. The van der Waals surface area contributed by atoms with Crippen molar-refractivity contribution >= 4 is 11.9 Å². The second-order valence-corrected chi connectivity index (χ2v) is 5.97. The van der Waals surface area contributed by atoms with Crippen molar-refractivity contribution in [1.29, 1.82) is 0 Å². The molecule has 0 saturated carbocycles. The van der Waals surface area contributed by atoms with E-state index in [9.17, 15) is 9.59 Å². The number of ether oxygens (including phenoxy) is 5. The minimum Gasteiger partial charge on any atom is -0.497 e. The van der Waals surface area contributed by atoms with Crippen molar-refractivity contribution in [2.75, 3.05) is 41.6 Å². The monoisotopic (exact) mass is 403 g/mol. The smallest absolute Gasteiger partial charge is 0.338 e. The fraction of sp³-hybridized carbons (Fsp3) is 0.333. The van der Waals surface area contributed by atoms with Gasteiger partial charge in [0.15, 0.2) is 18.1 Å². The van der Waals surface area contributed by atoms with E-state index < -0.39 is 11.9 Å². The number of esters is 1. The van der Waals surface area contributed by atoms with E-state index in [2.05, 4.69) is 5.32 Å². The van der Waals surface area contributed by atoms with Crippen LogP contribution in [0.2, 0.25) is 0 Å². The van der Waals surface area contributed by atoms with Crippen molar-refractivity contribution < 1.29 is 33.3 Å². The molecule has 2 aromatic rings. The summed E-state index contributed by atoms with van der Waals surface area (Å²) in [6.45, 7) is 0.00312. The maximum absolute atomic E-state index is 12.2. The van der Waals surface area contributed by atoms with E-state index in [-0.39, 0.29) is 12.2 Å². The van der Waals surface area contributed by atoms with E-state index in [0.29, 0.717) is 36.0 Å². The highest BCUT2D eigenvalue weighted by molar-refractivity contribution is 5.92. The SMILES string of the molecule is COc1cc(OC)cc(C(=O)OCC(=O)NCCc2ccc(OC)c(OC)c2)c1. The summed E-state index contributed by atoms with van der Waals surface area (Å²) in [7, 11) is 6.10. The maximum Gasteiger partial charge on any atom is 0.338 e. The van der Waals surface area contributed by atoms with Crippen LogP contribution < -0.4 is 24.3 Å². The van der Waals surface area contributed by atoms with E-state index in [4.69, 9.17) is 23.7 Å². The van der Waals surface area contributed by atoms with Gasteiger partial charge in [-0.3, -0.25) is 4.79 Å². The molecule has 156 valence electrons. The fourth-order valence-electron chi connectivity index (χ4n) is 2.57. The van der Waals surface area contributed by atoms with Crippen LogP contribution in [0.15, 0.2) is 36.4 Å². The third-order valence-corrected chi connectivity index (χ3v) is 4.11. The number of carbonyl (C=O) groups excluding carboxylic acids is 2. The van der Waals surface area contributed by atoms with E-state index >= 15 is 0 Å². The summed E-state index contributed by atoms with van der Waals surface area (Å²) in [5.74, 6) is 1.14. The number of amides is 1. The molecule has 0 fully saturated rings. The van der Waals surface area contributed by atoms with Gasteiger partial charge in [0.25, 0.3) is 5.91 Å². The largest absolute Gasteiger partial charge is 0.497 e. The molecule has 0 atom stereocenters. The van der Waals surface area contributed by atoms with Crippen LogP contribution in [0.3, 0.4) is 0 Å². The summed E-state index contributed by atoms with van der Waals surface area (Å²) in [6.07, 6.45) is 0.590. The second-order valence-electron chi connectivity index (χ2n) is 5.97. The first-order valence-electron chi connectivity index (χ1n) is 8.88. The molecule has 0 unspecified atom stereocenters. The molecule has 0 spiro atoms. The Bertz CT molecular complexity index is 829. The number of hydrogen-bond donors (Lipinski definition) is 1. The van der Waals surface area contributed by atoms with Crippen LogP contribution in [0, 0.1) is 0 Å². The second kappa shape index (κ2) is 10.8. The summed E-state index contributed by atoms with van der Waals surface area (Å²) in [4.78, 5) is 24.1. The first-order chi connectivity index (χ1) is 14.0. The van der Waals surface area contributed by atoms with Gasteiger partial charge in [-0.15, -0.1) is 0 Å². The topological polar surface area (TPSA) is 92.3 Å². The summed E-state index contributed by atoms with van der Waals surface area (Å²) >= 11 is 0. The highest BCUT2D eigenvalue weighted by Crippen LogP contribution is 2.27. The van der Waals surface area contributed by atoms with E-state index in [1.807, 2.05) is 12.1 Å². The Kier molecular flexibility index (Phi) is 8.14. The zero-order chi connectivity index (χ0) is 21.2. The van der Waals surface area contributed by atoms with Gasteiger partial charge in [-0.05, 0) is 36.2 Å². The average Bonchev–Trinajstić information content (AvgIpc) is 2.76. The van der Waals surface area contributed by atoms with E-state index in [1.165, 1.54) is 26.4 Å². The highest BCUT2D eigenvalue weighted by Gasteiger charge is 2.13. The minimum absolute atomic E-state index is 0.235. The molecule has 8 heteroatoms. The molecule has 0 aliphatic heterocycles. The predicted molar refractivity (Wildman–Crippen MR) is 106 cm³/mol. The van der Waals surface area contributed by atoms with Gasteiger partial charge < -0.3 is 29.0 Å². The first-order valence-corrected chi connectivity index (χ1v) is 8.88. The number of nitrogens with one attached hydrogen (secondary N) is 1. The average molecular weight is 403 g/mol. The zero-order valence-electron chi connectivity index (χ0n) is 16.9. The van der Waals surface area contributed by atoms with Crippen molar-refractivity contribution in [3.05, 3.63) is 47.5 Å². The van der Waals surface area contributed by atoms with Crippen molar-refractivity contribution in [1.82, 2.24) is 5.32 Å². The van der Waals surface area contributed by atoms with E-state index in [1.54, 1.807) is 26.4 Å². The Morgan fingerprint density at radius 2 is 1.48 bits per heavy atom. The van der Waals surface area contributed by atoms with Gasteiger partial charge in [-0.25, -0.2) is 4.79 Å². The summed E-state index contributed by atoms with van der Waals surface area (Å²) in [5.41, 5.74) is 1.21. The van der Waals surface area contributed by atoms with Crippen molar-refractivity contribution in [2.24, 2.45) is 0 Å². The lowest BCUT2D eigenvalue weighted by atomic mass is 10.1. The van der Waals surface area contributed by atoms with Gasteiger partial charge in [0.1, 0.15) is 11.5 Å². The Morgan fingerprint density at radius 3 is 2.07 bits per heavy atom. The predicted octanol–water partition coefficient (Wildman–Crippen LogP) is 2.24. The minimum atomic E-state index is -0.641. The third kappa shape index (κ3) is 6.31. The van der Waals surface area contributed by atoms with Gasteiger partial charge in [0.2, 0.25) is 0 Å². The summed E-state index contributed by atoms with van der Waals surface area (Å²) in [6, 6.07) is 10.2. The molecule has 0 heterocycles. The Labute approximate surface area is 169 Å². The number of methoxy groups -OCH3 is 4. The molecule has 1 amide bonds. The molecule has 0 bridgehead atoms. The van der Waals surface area contributed by atoms with Gasteiger partial charge in [-0.1, -0.05) is 6.07 Å². The normalized spacial score (nSPS) is 10.1. The standard InChI is InChI=1S/C21H25NO7/c1-25-16-10-15(11-17(12-16)26-2)21(24)29-13-20(23)22-8-7-14-5-6-18(27-3)19(9-14)28-4/h5-6,9-12H,7-8,13H2,1-4H3,(H,22,23). The lowest BCUT2D eigenvalue weighted by Crippen LogP contribution is -2.30. The van der Waals surface area contributed by atoms with Crippen LogP contribution >= 0.6 is 0 Å².